The maximum absolute atomic E-state index is 11.7. The summed E-state index contributed by atoms with van der Waals surface area (Å²) in [5.41, 5.74) is 8.98. The number of methoxy groups -OCH3 is 1. The van der Waals surface area contributed by atoms with Crippen LogP contribution < -0.4 is 10.1 Å². The Labute approximate surface area is 199 Å². The molecular formula is C28H29N3O3. The molecule has 0 fully saturated rings. The van der Waals surface area contributed by atoms with Crippen molar-refractivity contribution in [2.24, 2.45) is 0 Å². The second kappa shape index (κ2) is 8.86. The lowest BCUT2D eigenvalue weighted by Gasteiger charge is -2.16. The number of ether oxygens (including phenoxy) is 2. The van der Waals surface area contributed by atoms with E-state index in [4.69, 9.17) is 14.5 Å². The predicted molar refractivity (Wildman–Crippen MR) is 134 cm³/mol. The summed E-state index contributed by atoms with van der Waals surface area (Å²) in [4.78, 5) is 16.4. The Balaban J connectivity index is 1.37. The summed E-state index contributed by atoms with van der Waals surface area (Å²) in [5, 5.41) is 3.53. The molecule has 6 heteroatoms. The Morgan fingerprint density at radius 2 is 2.00 bits per heavy atom. The van der Waals surface area contributed by atoms with Crippen molar-refractivity contribution in [1.29, 1.82) is 0 Å². The minimum Gasteiger partial charge on any atom is -0.493 e. The van der Waals surface area contributed by atoms with Crippen LogP contribution in [0.1, 0.15) is 40.4 Å². The van der Waals surface area contributed by atoms with E-state index in [1.807, 2.05) is 18.2 Å². The molecule has 1 aliphatic rings. The quantitative estimate of drug-likeness (QED) is 0.383. The first kappa shape index (κ1) is 22.0. The lowest BCUT2D eigenvalue weighted by Crippen LogP contribution is -2.09. The van der Waals surface area contributed by atoms with Gasteiger partial charge in [-0.2, -0.15) is 0 Å². The highest BCUT2D eigenvalue weighted by Gasteiger charge is 2.27. The number of nitrogens with one attached hydrogen (secondary N) is 1. The zero-order chi connectivity index (χ0) is 23.8. The average Bonchev–Trinajstić information content (AvgIpc) is 3.37. The van der Waals surface area contributed by atoms with Gasteiger partial charge in [-0.1, -0.05) is 24.3 Å². The number of fused-ring (bicyclic) bond motifs is 2. The molecule has 0 amide bonds. The highest BCUT2D eigenvalue weighted by Crippen LogP contribution is 2.38. The van der Waals surface area contributed by atoms with Gasteiger partial charge in [-0.15, -0.1) is 0 Å². The van der Waals surface area contributed by atoms with Gasteiger partial charge >= 0.3 is 5.97 Å². The molecule has 0 aliphatic carbocycles. The van der Waals surface area contributed by atoms with Crippen LogP contribution in [0.5, 0.6) is 5.75 Å². The minimum atomic E-state index is -0.213. The first-order valence-electron chi connectivity index (χ1n) is 11.6. The van der Waals surface area contributed by atoms with Gasteiger partial charge in [-0.25, -0.2) is 4.98 Å². The number of anilines is 1. The molecule has 1 N–H and O–H groups in total. The zero-order valence-corrected chi connectivity index (χ0v) is 20.0. The molecule has 6 nitrogen and oxygen atoms in total. The van der Waals surface area contributed by atoms with E-state index in [0.717, 1.165) is 39.5 Å². The molecule has 1 atom stereocenters. The van der Waals surface area contributed by atoms with Gasteiger partial charge in [-0.3, -0.25) is 9.36 Å². The number of imidazole rings is 1. The van der Waals surface area contributed by atoms with Crippen LogP contribution in [0.3, 0.4) is 0 Å². The third-order valence-electron chi connectivity index (χ3n) is 6.65. The minimum absolute atomic E-state index is 0.0486. The normalized spacial score (nSPS) is 14.6. The highest BCUT2D eigenvalue weighted by atomic mass is 16.5. The van der Waals surface area contributed by atoms with Crippen LogP contribution in [0.15, 0.2) is 54.6 Å². The van der Waals surface area contributed by atoms with Gasteiger partial charge in [0.2, 0.25) is 0 Å². The fourth-order valence-corrected chi connectivity index (χ4v) is 4.76. The van der Waals surface area contributed by atoms with Crippen LogP contribution in [-0.2, 0) is 16.1 Å². The van der Waals surface area contributed by atoms with E-state index in [0.29, 0.717) is 19.6 Å². The van der Waals surface area contributed by atoms with Crippen molar-refractivity contribution < 1.29 is 14.3 Å². The van der Waals surface area contributed by atoms with Gasteiger partial charge in [-0.05, 0) is 61.7 Å². The van der Waals surface area contributed by atoms with Crippen molar-refractivity contribution in [2.75, 3.05) is 19.0 Å². The number of esters is 1. The molecule has 5 rings (SSSR count). The Morgan fingerprint density at radius 1 is 1.15 bits per heavy atom. The van der Waals surface area contributed by atoms with Crippen LogP contribution in [0.25, 0.3) is 16.7 Å². The number of nitrogens with zero attached hydrogens (tertiary/aromatic N) is 2. The summed E-state index contributed by atoms with van der Waals surface area (Å²) in [6.45, 7) is 7.50. The van der Waals surface area contributed by atoms with Gasteiger partial charge in [0.15, 0.2) is 0 Å². The molecule has 1 aromatic heterocycles. The first-order chi connectivity index (χ1) is 16.4. The standard InChI is InChI=1S/C28H29N3O3/c1-17-8-11-26-24(12-17)30-19(3)31(26)25-7-5-6-20(18(25)2)15-29-22-9-10-23-21(13-28(32)33-4)16-34-27(23)14-22/h5-12,14,21,29H,13,15-16H2,1-4H3/t21-/m1/s1. The Hall–Kier alpha value is -3.80. The lowest BCUT2D eigenvalue weighted by molar-refractivity contribution is -0.141. The van der Waals surface area contributed by atoms with E-state index in [-0.39, 0.29) is 11.9 Å². The van der Waals surface area contributed by atoms with Crippen LogP contribution in [0.4, 0.5) is 5.69 Å². The summed E-state index contributed by atoms with van der Waals surface area (Å²) in [6, 6.07) is 18.9. The summed E-state index contributed by atoms with van der Waals surface area (Å²) < 4.78 is 12.9. The number of hydrogen-bond donors (Lipinski definition) is 1. The van der Waals surface area contributed by atoms with Crippen LogP contribution >= 0.6 is 0 Å². The molecule has 174 valence electrons. The van der Waals surface area contributed by atoms with Gasteiger partial charge in [0.1, 0.15) is 11.6 Å². The van der Waals surface area contributed by atoms with Gasteiger partial charge < -0.3 is 14.8 Å². The van der Waals surface area contributed by atoms with Crippen LogP contribution in [0.2, 0.25) is 0 Å². The molecule has 0 radical (unpaired) electrons. The Kier molecular flexibility index (Phi) is 5.74. The predicted octanol–water partition coefficient (Wildman–Crippen LogP) is 5.60. The number of rotatable bonds is 6. The molecule has 0 bridgehead atoms. The second-order valence-corrected chi connectivity index (χ2v) is 8.94. The van der Waals surface area contributed by atoms with Crippen molar-refractivity contribution in [1.82, 2.24) is 9.55 Å². The maximum atomic E-state index is 11.7. The fraction of sp³-hybridized carbons (Fsp3) is 0.286. The molecule has 0 unspecified atom stereocenters. The maximum Gasteiger partial charge on any atom is 0.306 e. The average molecular weight is 456 g/mol. The highest BCUT2D eigenvalue weighted by molar-refractivity contribution is 5.79. The number of carbonyl (C=O) groups excluding carboxylic acids is 1. The number of carbonyl (C=O) groups is 1. The smallest absolute Gasteiger partial charge is 0.306 e. The van der Waals surface area contributed by atoms with Crippen molar-refractivity contribution in [2.45, 2.75) is 39.7 Å². The summed E-state index contributed by atoms with van der Waals surface area (Å²) >= 11 is 0. The largest absolute Gasteiger partial charge is 0.493 e. The Bertz CT molecular complexity index is 1390. The number of aromatic nitrogens is 2. The molecule has 2 heterocycles. The van der Waals surface area contributed by atoms with E-state index in [9.17, 15) is 4.79 Å². The SMILES string of the molecule is COC(=O)C[C@@H]1COc2cc(NCc3cccc(-n4c(C)nc5cc(C)ccc54)c3C)ccc21. The monoisotopic (exact) mass is 455 g/mol. The first-order valence-corrected chi connectivity index (χ1v) is 11.6. The van der Waals surface area contributed by atoms with Gasteiger partial charge in [0.05, 0.1) is 36.9 Å². The molecule has 0 spiro atoms. The molecule has 3 aromatic carbocycles. The van der Waals surface area contributed by atoms with E-state index < -0.39 is 0 Å². The third kappa shape index (κ3) is 4.00. The van der Waals surface area contributed by atoms with Gasteiger partial charge in [0, 0.05) is 29.8 Å². The van der Waals surface area contributed by atoms with Crippen molar-refractivity contribution in [3.05, 3.63) is 82.7 Å². The summed E-state index contributed by atoms with van der Waals surface area (Å²) in [6.07, 6.45) is 0.337. The molecular weight excluding hydrogens is 426 g/mol. The summed E-state index contributed by atoms with van der Waals surface area (Å²) in [7, 11) is 1.42. The molecule has 1 aliphatic heterocycles. The second-order valence-electron chi connectivity index (χ2n) is 8.94. The Morgan fingerprint density at radius 3 is 2.82 bits per heavy atom. The topological polar surface area (TPSA) is 65.4 Å². The van der Waals surface area contributed by atoms with Crippen molar-refractivity contribution in [3.8, 4) is 11.4 Å². The van der Waals surface area contributed by atoms with E-state index >= 15 is 0 Å². The fourth-order valence-electron chi connectivity index (χ4n) is 4.76. The third-order valence-corrected chi connectivity index (χ3v) is 6.65. The van der Waals surface area contributed by atoms with Gasteiger partial charge in [0.25, 0.3) is 0 Å². The number of hydrogen-bond acceptors (Lipinski definition) is 5. The van der Waals surface area contributed by atoms with E-state index in [1.54, 1.807) is 0 Å². The molecule has 0 saturated carbocycles. The van der Waals surface area contributed by atoms with E-state index in [1.165, 1.54) is 23.8 Å². The molecule has 4 aromatic rings. The van der Waals surface area contributed by atoms with Crippen molar-refractivity contribution in [3.63, 3.8) is 0 Å². The lowest BCUT2D eigenvalue weighted by atomic mass is 9.97. The zero-order valence-electron chi connectivity index (χ0n) is 20.0. The van der Waals surface area contributed by atoms with Crippen LogP contribution in [0, 0.1) is 20.8 Å². The van der Waals surface area contributed by atoms with E-state index in [2.05, 4.69) is 67.1 Å². The molecule has 34 heavy (non-hydrogen) atoms. The van der Waals surface area contributed by atoms with Crippen LogP contribution in [-0.4, -0.2) is 29.2 Å². The number of benzene rings is 3. The number of aryl methyl sites for hydroxylation is 2. The van der Waals surface area contributed by atoms with Crippen molar-refractivity contribution >= 4 is 22.7 Å². The summed E-state index contributed by atoms with van der Waals surface area (Å²) in [5.74, 6) is 1.65. The molecule has 0 saturated heterocycles.